The molecule has 0 aromatic heterocycles. The number of hydrogen-bond acceptors (Lipinski definition) is 4. The summed E-state index contributed by atoms with van der Waals surface area (Å²) in [5.74, 6) is -0.437. The summed E-state index contributed by atoms with van der Waals surface area (Å²) in [6.07, 6.45) is 1.61. The molecule has 1 aromatic carbocycles. The molecule has 2 amide bonds. The Morgan fingerprint density at radius 2 is 2.09 bits per heavy atom. The zero-order valence-electron chi connectivity index (χ0n) is 13.2. The van der Waals surface area contributed by atoms with Crippen LogP contribution in [-0.2, 0) is 26.0 Å². The number of carbonyl (C=O) groups excluding carboxylic acids is 2. The zero-order valence-corrected chi connectivity index (χ0v) is 14.0. The molecule has 3 N–H and O–H groups in total. The topological polar surface area (TPSA) is 104 Å². The first-order chi connectivity index (χ1) is 10.8. The van der Waals surface area contributed by atoms with Gasteiger partial charge in [0.05, 0.1) is 10.9 Å². The second-order valence-electron chi connectivity index (χ2n) is 5.50. The zero-order chi connectivity index (χ0) is 17.0. The van der Waals surface area contributed by atoms with Gasteiger partial charge in [-0.2, -0.15) is 4.72 Å². The van der Waals surface area contributed by atoms with Crippen LogP contribution in [0.3, 0.4) is 0 Å². The van der Waals surface area contributed by atoms with Gasteiger partial charge in [-0.15, -0.1) is 0 Å². The first-order valence-corrected chi connectivity index (χ1v) is 9.04. The number of amides is 2. The number of nitrogens with one attached hydrogen (secondary N) is 3. The van der Waals surface area contributed by atoms with Gasteiger partial charge in [-0.3, -0.25) is 9.59 Å². The van der Waals surface area contributed by atoms with E-state index in [1.165, 1.54) is 19.1 Å². The fraction of sp³-hybridized carbons (Fsp3) is 0.467. The van der Waals surface area contributed by atoms with Crippen LogP contribution in [0.4, 0.5) is 5.69 Å². The number of anilines is 1. The summed E-state index contributed by atoms with van der Waals surface area (Å²) in [6.45, 7) is 3.92. The molecule has 1 aliphatic rings. The molecular formula is C15H21N3O4S. The summed E-state index contributed by atoms with van der Waals surface area (Å²) in [6, 6.07) is 3.67. The highest BCUT2D eigenvalue weighted by molar-refractivity contribution is 7.89. The molecule has 126 valence electrons. The smallest absolute Gasteiger partial charge is 0.241 e. The van der Waals surface area contributed by atoms with Gasteiger partial charge in [-0.1, -0.05) is 6.92 Å². The molecule has 23 heavy (non-hydrogen) atoms. The average Bonchev–Trinajstić information content (AvgIpc) is 2.51. The monoisotopic (exact) mass is 339 g/mol. The average molecular weight is 339 g/mol. The number of hydrogen-bond donors (Lipinski definition) is 3. The van der Waals surface area contributed by atoms with Gasteiger partial charge >= 0.3 is 0 Å². The first-order valence-electron chi connectivity index (χ1n) is 7.56. The van der Waals surface area contributed by atoms with E-state index in [2.05, 4.69) is 15.4 Å². The lowest BCUT2D eigenvalue weighted by molar-refractivity contribution is -0.122. The minimum absolute atomic E-state index is 0.0764. The van der Waals surface area contributed by atoms with Crippen molar-refractivity contribution in [3.63, 3.8) is 0 Å². The molecule has 0 saturated heterocycles. The molecule has 1 heterocycles. The second-order valence-corrected chi connectivity index (χ2v) is 7.22. The quantitative estimate of drug-likeness (QED) is 0.712. The maximum Gasteiger partial charge on any atom is 0.241 e. The molecule has 7 nitrogen and oxygen atoms in total. The largest absolute Gasteiger partial charge is 0.355 e. The van der Waals surface area contributed by atoms with Crippen LogP contribution in [0, 0.1) is 0 Å². The van der Waals surface area contributed by atoms with E-state index in [0.717, 1.165) is 12.0 Å². The van der Waals surface area contributed by atoms with Gasteiger partial charge in [-0.25, -0.2) is 8.42 Å². The van der Waals surface area contributed by atoms with Gasteiger partial charge < -0.3 is 10.6 Å². The predicted octanol–water partition coefficient (Wildman–Crippen LogP) is 0.764. The van der Waals surface area contributed by atoms with Crippen molar-refractivity contribution < 1.29 is 18.0 Å². The minimum Gasteiger partial charge on any atom is -0.355 e. The van der Waals surface area contributed by atoms with E-state index in [0.29, 0.717) is 25.1 Å². The van der Waals surface area contributed by atoms with E-state index >= 15 is 0 Å². The van der Waals surface area contributed by atoms with Crippen LogP contribution in [0.5, 0.6) is 0 Å². The highest BCUT2D eigenvalue weighted by Gasteiger charge is 2.23. The van der Waals surface area contributed by atoms with Crippen LogP contribution < -0.4 is 15.4 Å². The Balaban J connectivity index is 2.13. The number of rotatable bonds is 6. The Labute approximate surface area is 135 Å². The molecule has 1 aromatic rings. The summed E-state index contributed by atoms with van der Waals surface area (Å²) >= 11 is 0. The number of aryl methyl sites for hydroxylation is 1. The summed E-state index contributed by atoms with van der Waals surface area (Å²) < 4.78 is 27.2. The Bertz CT molecular complexity index is 715. The lowest BCUT2D eigenvalue weighted by Gasteiger charge is -2.18. The maximum atomic E-state index is 12.4. The molecular weight excluding hydrogens is 318 g/mol. The third-order valence-corrected chi connectivity index (χ3v) is 5.10. The third-order valence-electron chi connectivity index (χ3n) is 3.56. The molecule has 2 rings (SSSR count). The van der Waals surface area contributed by atoms with Crippen LogP contribution in [0.2, 0.25) is 0 Å². The number of benzene rings is 1. The van der Waals surface area contributed by atoms with Crippen molar-refractivity contribution in [3.8, 4) is 0 Å². The van der Waals surface area contributed by atoms with Crippen molar-refractivity contribution in [1.82, 2.24) is 10.0 Å². The van der Waals surface area contributed by atoms with Gasteiger partial charge in [0.1, 0.15) is 0 Å². The molecule has 0 fully saturated rings. The Morgan fingerprint density at radius 3 is 2.78 bits per heavy atom. The van der Waals surface area contributed by atoms with E-state index in [1.807, 2.05) is 6.92 Å². The molecule has 0 saturated carbocycles. The summed E-state index contributed by atoms with van der Waals surface area (Å²) in [5.41, 5.74) is 1.41. The van der Waals surface area contributed by atoms with E-state index < -0.39 is 16.1 Å². The molecule has 0 aliphatic carbocycles. The van der Waals surface area contributed by atoms with Crippen LogP contribution >= 0.6 is 0 Å². The van der Waals surface area contributed by atoms with Crippen LogP contribution in [0.15, 0.2) is 23.1 Å². The second kappa shape index (κ2) is 7.10. The van der Waals surface area contributed by atoms with Crippen molar-refractivity contribution in [1.29, 1.82) is 0 Å². The third kappa shape index (κ3) is 4.29. The van der Waals surface area contributed by atoms with Crippen molar-refractivity contribution in [3.05, 3.63) is 23.8 Å². The normalized spacial score (nSPS) is 15.5. The van der Waals surface area contributed by atoms with E-state index in [-0.39, 0.29) is 16.7 Å². The van der Waals surface area contributed by atoms with Crippen molar-refractivity contribution >= 4 is 27.5 Å². The Morgan fingerprint density at radius 1 is 1.35 bits per heavy atom. The highest BCUT2D eigenvalue weighted by Crippen LogP contribution is 2.25. The van der Waals surface area contributed by atoms with Gasteiger partial charge in [0.15, 0.2) is 0 Å². The fourth-order valence-corrected chi connectivity index (χ4v) is 3.54. The van der Waals surface area contributed by atoms with E-state index in [4.69, 9.17) is 0 Å². The summed E-state index contributed by atoms with van der Waals surface area (Å²) in [7, 11) is -3.80. The van der Waals surface area contributed by atoms with Crippen LogP contribution in [0.25, 0.3) is 0 Å². The molecule has 1 atom stereocenters. The van der Waals surface area contributed by atoms with E-state index in [9.17, 15) is 18.0 Å². The lowest BCUT2D eigenvalue weighted by atomic mass is 10.0. The molecule has 1 aliphatic heterocycles. The maximum absolute atomic E-state index is 12.4. The van der Waals surface area contributed by atoms with Crippen LogP contribution in [-0.4, -0.2) is 32.8 Å². The summed E-state index contributed by atoms with van der Waals surface area (Å²) in [4.78, 5) is 23.2. The molecule has 0 unspecified atom stereocenters. The SMILES string of the molecule is CCCNC(=O)[C@H](C)NS(=O)(=O)c1ccc2c(c1)CCC(=O)N2. The standard InChI is InChI=1S/C15H21N3O4S/c1-3-8-16-15(20)10(2)18-23(21,22)12-5-6-13-11(9-12)4-7-14(19)17-13/h5-6,9-10,18H,3-4,7-8H2,1-2H3,(H,16,20)(H,17,19)/t10-/m0/s1. The number of sulfonamides is 1. The van der Waals surface area contributed by atoms with Gasteiger partial charge in [0.25, 0.3) is 0 Å². The number of fused-ring (bicyclic) bond motifs is 1. The molecule has 8 heteroatoms. The lowest BCUT2D eigenvalue weighted by Crippen LogP contribution is -2.44. The summed E-state index contributed by atoms with van der Waals surface area (Å²) in [5, 5.41) is 5.35. The van der Waals surface area contributed by atoms with Gasteiger partial charge in [0, 0.05) is 18.7 Å². The molecule has 0 radical (unpaired) electrons. The highest BCUT2D eigenvalue weighted by atomic mass is 32.2. The Hall–Kier alpha value is -1.93. The fourth-order valence-electron chi connectivity index (χ4n) is 2.28. The first kappa shape index (κ1) is 17.4. The van der Waals surface area contributed by atoms with Crippen LogP contribution in [0.1, 0.15) is 32.3 Å². The predicted molar refractivity (Wildman–Crippen MR) is 86.5 cm³/mol. The number of carbonyl (C=O) groups is 2. The molecule has 0 bridgehead atoms. The van der Waals surface area contributed by atoms with Crippen molar-refractivity contribution in [2.24, 2.45) is 0 Å². The minimum atomic E-state index is -3.80. The molecule has 0 spiro atoms. The van der Waals surface area contributed by atoms with Gasteiger partial charge in [-0.05, 0) is 43.5 Å². The van der Waals surface area contributed by atoms with Gasteiger partial charge in [0.2, 0.25) is 21.8 Å². The van der Waals surface area contributed by atoms with E-state index in [1.54, 1.807) is 6.07 Å². The van der Waals surface area contributed by atoms with Crippen molar-refractivity contribution in [2.75, 3.05) is 11.9 Å². The van der Waals surface area contributed by atoms with Crippen molar-refractivity contribution in [2.45, 2.75) is 44.0 Å². The Kier molecular flexibility index (Phi) is 5.38.